The van der Waals surface area contributed by atoms with Crippen molar-refractivity contribution in [3.63, 3.8) is 0 Å². The highest BCUT2D eigenvalue weighted by Crippen LogP contribution is 2.25. The second kappa shape index (κ2) is 14.0. The lowest BCUT2D eigenvalue weighted by Crippen LogP contribution is -2.17. The highest BCUT2D eigenvalue weighted by molar-refractivity contribution is 5.69. The van der Waals surface area contributed by atoms with E-state index in [0.29, 0.717) is 37.9 Å². The predicted molar refractivity (Wildman–Crippen MR) is 121 cm³/mol. The molecular weight excluding hydrogens is 364 g/mol. The quantitative estimate of drug-likeness (QED) is 0.229. The first kappa shape index (κ1) is 27.9. The van der Waals surface area contributed by atoms with Crippen molar-refractivity contribution < 1.29 is 19.1 Å². The molecule has 2 atom stereocenters. The van der Waals surface area contributed by atoms with Gasteiger partial charge in [-0.15, -0.1) is 0 Å². The summed E-state index contributed by atoms with van der Waals surface area (Å²) in [6.45, 7) is 18.6. The van der Waals surface area contributed by atoms with Crippen LogP contribution in [0.4, 0.5) is 0 Å². The molecule has 0 aromatic rings. The lowest BCUT2D eigenvalue weighted by atomic mass is 9.86. The molecule has 0 spiro atoms. The van der Waals surface area contributed by atoms with E-state index < -0.39 is 0 Å². The number of carbonyl (C=O) groups excluding carboxylic acids is 2. The van der Waals surface area contributed by atoms with Crippen LogP contribution in [0.15, 0.2) is 0 Å². The van der Waals surface area contributed by atoms with E-state index in [0.717, 1.165) is 44.9 Å². The molecule has 4 nitrogen and oxygen atoms in total. The van der Waals surface area contributed by atoms with Gasteiger partial charge in [0.15, 0.2) is 0 Å². The highest BCUT2D eigenvalue weighted by atomic mass is 16.5. The van der Waals surface area contributed by atoms with Crippen molar-refractivity contribution in [2.75, 3.05) is 13.2 Å². The minimum absolute atomic E-state index is 0.0845. The van der Waals surface area contributed by atoms with Gasteiger partial charge in [0.1, 0.15) is 0 Å². The summed E-state index contributed by atoms with van der Waals surface area (Å²) in [7, 11) is 0. The van der Waals surface area contributed by atoms with Gasteiger partial charge in [-0.25, -0.2) is 0 Å². The third kappa shape index (κ3) is 20.0. The summed E-state index contributed by atoms with van der Waals surface area (Å²) >= 11 is 0. The minimum atomic E-state index is -0.0845. The van der Waals surface area contributed by atoms with Gasteiger partial charge in [0.05, 0.1) is 13.2 Å². The average molecular weight is 413 g/mol. The van der Waals surface area contributed by atoms with E-state index in [-0.39, 0.29) is 22.8 Å². The van der Waals surface area contributed by atoms with Crippen LogP contribution >= 0.6 is 0 Å². The average Bonchev–Trinajstić information content (AvgIpc) is 2.54. The van der Waals surface area contributed by atoms with E-state index in [2.05, 4.69) is 55.4 Å². The number of hydrogen-bond acceptors (Lipinski definition) is 4. The topological polar surface area (TPSA) is 52.6 Å². The molecule has 0 aromatic carbocycles. The highest BCUT2D eigenvalue weighted by Gasteiger charge is 2.17. The number of carbonyl (C=O) groups is 2. The van der Waals surface area contributed by atoms with Crippen LogP contribution in [0.2, 0.25) is 0 Å². The summed E-state index contributed by atoms with van der Waals surface area (Å²) in [6, 6.07) is 0. The zero-order valence-corrected chi connectivity index (χ0v) is 20.6. The van der Waals surface area contributed by atoms with E-state index in [4.69, 9.17) is 9.47 Å². The summed E-state index contributed by atoms with van der Waals surface area (Å²) in [5, 5.41) is 0. The summed E-state index contributed by atoms with van der Waals surface area (Å²) in [5.74, 6) is 0.628. The van der Waals surface area contributed by atoms with Gasteiger partial charge in [0.25, 0.3) is 0 Å². The first-order valence-electron chi connectivity index (χ1n) is 11.6. The molecule has 29 heavy (non-hydrogen) atoms. The Morgan fingerprint density at radius 2 is 0.931 bits per heavy atom. The van der Waals surface area contributed by atoms with E-state index in [1.165, 1.54) is 0 Å². The van der Waals surface area contributed by atoms with E-state index in [1.54, 1.807) is 0 Å². The maximum absolute atomic E-state index is 11.8. The van der Waals surface area contributed by atoms with E-state index >= 15 is 0 Å². The summed E-state index contributed by atoms with van der Waals surface area (Å²) in [6.07, 6.45) is 7.88. The Bertz CT molecular complexity index is 414. The van der Waals surface area contributed by atoms with Crippen molar-refractivity contribution >= 4 is 11.9 Å². The first-order valence-corrected chi connectivity index (χ1v) is 11.6. The van der Waals surface area contributed by atoms with Crippen LogP contribution in [0, 0.1) is 22.7 Å². The maximum Gasteiger partial charge on any atom is 0.305 e. The van der Waals surface area contributed by atoms with Gasteiger partial charge < -0.3 is 9.47 Å². The molecule has 4 heteroatoms. The Balaban J connectivity index is 3.60. The third-order valence-corrected chi connectivity index (χ3v) is 4.74. The third-order valence-electron chi connectivity index (χ3n) is 4.74. The van der Waals surface area contributed by atoms with Gasteiger partial charge in [0, 0.05) is 12.8 Å². The Hall–Kier alpha value is -1.06. The van der Waals surface area contributed by atoms with Gasteiger partial charge in [-0.05, 0) is 48.3 Å². The fourth-order valence-electron chi connectivity index (χ4n) is 3.89. The van der Waals surface area contributed by atoms with Gasteiger partial charge in [0.2, 0.25) is 0 Å². The summed E-state index contributed by atoms with van der Waals surface area (Å²) in [4.78, 5) is 23.6. The molecule has 0 saturated carbocycles. The van der Waals surface area contributed by atoms with Crippen LogP contribution < -0.4 is 0 Å². The molecule has 0 aromatic heterocycles. The molecular formula is C25H48O4. The summed E-state index contributed by atoms with van der Waals surface area (Å²) in [5.41, 5.74) is 0.534. The standard InChI is InChI=1S/C25H48O4/c1-20(16-24(3,4)5)18-28-22(26)14-12-10-9-11-13-15-23(27)29-19-21(2)17-25(6,7)8/h20-21H,9-19H2,1-8H3. The molecule has 0 bridgehead atoms. The molecule has 0 fully saturated rings. The van der Waals surface area contributed by atoms with Crippen LogP contribution in [-0.2, 0) is 19.1 Å². The fraction of sp³-hybridized carbons (Fsp3) is 0.920. The largest absolute Gasteiger partial charge is 0.465 e. The van der Waals surface area contributed by atoms with Crippen molar-refractivity contribution in [3.05, 3.63) is 0 Å². The van der Waals surface area contributed by atoms with Crippen LogP contribution in [0.5, 0.6) is 0 Å². The van der Waals surface area contributed by atoms with Crippen molar-refractivity contribution in [3.8, 4) is 0 Å². The molecule has 2 unspecified atom stereocenters. The lowest BCUT2D eigenvalue weighted by molar-refractivity contribution is -0.146. The fourth-order valence-corrected chi connectivity index (χ4v) is 3.89. The van der Waals surface area contributed by atoms with Gasteiger partial charge in [-0.2, -0.15) is 0 Å². The zero-order chi connectivity index (χ0) is 22.5. The van der Waals surface area contributed by atoms with E-state index in [1.807, 2.05) is 0 Å². The van der Waals surface area contributed by atoms with Gasteiger partial charge in [-0.3, -0.25) is 9.59 Å². The minimum Gasteiger partial charge on any atom is -0.465 e. The van der Waals surface area contributed by atoms with Crippen LogP contribution in [0.25, 0.3) is 0 Å². The molecule has 0 radical (unpaired) electrons. The van der Waals surface area contributed by atoms with Crippen LogP contribution in [0.1, 0.15) is 113 Å². The monoisotopic (exact) mass is 412 g/mol. The number of unbranched alkanes of at least 4 members (excludes halogenated alkanes) is 4. The molecule has 0 aliphatic carbocycles. The molecule has 0 N–H and O–H groups in total. The van der Waals surface area contributed by atoms with Gasteiger partial charge >= 0.3 is 11.9 Å². The number of hydrogen-bond donors (Lipinski definition) is 0. The first-order chi connectivity index (χ1) is 13.3. The smallest absolute Gasteiger partial charge is 0.305 e. The Labute approximate surface area is 180 Å². The molecule has 0 amide bonds. The maximum atomic E-state index is 11.8. The van der Waals surface area contributed by atoms with Gasteiger partial charge in [-0.1, -0.05) is 74.7 Å². The van der Waals surface area contributed by atoms with Crippen molar-refractivity contribution in [1.82, 2.24) is 0 Å². The Kier molecular flexibility index (Phi) is 13.5. The molecule has 0 aliphatic heterocycles. The Morgan fingerprint density at radius 3 is 1.24 bits per heavy atom. The molecule has 0 aliphatic rings. The summed E-state index contributed by atoms with van der Waals surface area (Å²) < 4.78 is 10.8. The van der Waals surface area contributed by atoms with Crippen molar-refractivity contribution in [2.45, 2.75) is 113 Å². The second-order valence-corrected chi connectivity index (χ2v) is 11.4. The van der Waals surface area contributed by atoms with E-state index in [9.17, 15) is 9.59 Å². The normalized spacial score (nSPS) is 14.3. The van der Waals surface area contributed by atoms with Crippen LogP contribution in [0.3, 0.4) is 0 Å². The Morgan fingerprint density at radius 1 is 0.621 bits per heavy atom. The number of rotatable bonds is 14. The zero-order valence-electron chi connectivity index (χ0n) is 20.6. The van der Waals surface area contributed by atoms with Crippen molar-refractivity contribution in [1.29, 1.82) is 0 Å². The molecule has 0 rings (SSSR count). The predicted octanol–water partition coefficient (Wildman–Crippen LogP) is 6.95. The lowest BCUT2D eigenvalue weighted by Gasteiger charge is -2.22. The number of esters is 2. The molecule has 172 valence electrons. The number of ether oxygens (including phenoxy) is 2. The van der Waals surface area contributed by atoms with Crippen LogP contribution in [-0.4, -0.2) is 25.2 Å². The SMILES string of the molecule is CC(COC(=O)CCCCCCCC(=O)OCC(C)CC(C)(C)C)CC(C)(C)C. The molecule has 0 heterocycles. The second-order valence-electron chi connectivity index (χ2n) is 11.4. The molecule has 0 saturated heterocycles. The van der Waals surface area contributed by atoms with Crippen molar-refractivity contribution in [2.24, 2.45) is 22.7 Å².